The molecule has 0 rings (SSSR count). The maximum atomic E-state index is 12.9. The Hall–Kier alpha value is -0.600. The van der Waals surface area contributed by atoms with Gasteiger partial charge in [-0.25, -0.2) is 16.8 Å². The van der Waals surface area contributed by atoms with E-state index in [-0.39, 0.29) is 20.2 Å². The van der Waals surface area contributed by atoms with Gasteiger partial charge in [-0.3, -0.25) is 0 Å². The van der Waals surface area contributed by atoms with Crippen molar-refractivity contribution in [2.75, 3.05) is 33.8 Å². The summed E-state index contributed by atoms with van der Waals surface area (Å²) in [6.45, 7) is 0.847. The molecule has 0 spiro atoms. The monoisotopic (exact) mass is 410 g/mol. The third kappa shape index (κ3) is 3.51. The van der Waals surface area contributed by atoms with Gasteiger partial charge in [-0.15, -0.1) is 0 Å². The van der Waals surface area contributed by atoms with Crippen LogP contribution in [-0.2, 0) is 24.4 Å². The molecule has 0 bridgehead atoms. The molecule has 0 unspecified atom stereocenters. The lowest BCUT2D eigenvalue weighted by molar-refractivity contribution is -0.908. The van der Waals surface area contributed by atoms with Crippen LogP contribution in [-0.4, -0.2) is 70.4 Å². The van der Waals surface area contributed by atoms with Gasteiger partial charge < -0.3 is 9.22 Å². The predicted molar refractivity (Wildman–Crippen MR) is 71.8 cm³/mol. The van der Waals surface area contributed by atoms with Crippen molar-refractivity contribution in [2.24, 2.45) is 0 Å². The molecule has 0 fully saturated rings. The number of halogens is 6. The van der Waals surface area contributed by atoms with Crippen LogP contribution in [0, 0.1) is 0 Å². The third-order valence-electron chi connectivity index (χ3n) is 3.84. The topological polar surface area (TPSA) is 77.5 Å². The highest BCUT2D eigenvalue weighted by Crippen LogP contribution is 2.45. The molecule has 6 nitrogen and oxygen atoms in total. The van der Waals surface area contributed by atoms with Crippen molar-refractivity contribution >= 4 is 19.7 Å². The first kappa shape index (κ1) is 23.4. The Labute approximate surface area is 135 Å². The van der Waals surface area contributed by atoms with Gasteiger partial charge in [0.1, 0.15) is 6.54 Å². The quantitative estimate of drug-likeness (QED) is 0.471. The van der Waals surface area contributed by atoms with E-state index in [1.54, 1.807) is 0 Å². The molecule has 0 atom stereocenters. The summed E-state index contributed by atoms with van der Waals surface area (Å²) in [5.41, 5.74) is -12.5. The molecular weight excluding hydrogens is 392 g/mol. The van der Waals surface area contributed by atoms with Crippen LogP contribution in [0.4, 0.5) is 26.3 Å². The molecule has 0 aliphatic heterocycles. The van der Waals surface area contributed by atoms with Crippen molar-refractivity contribution < 1.29 is 52.4 Å². The van der Waals surface area contributed by atoms with Crippen molar-refractivity contribution in [1.29, 1.82) is 0 Å². The number of ether oxygens (including phenoxy) is 1. The Morgan fingerprint density at radius 1 is 0.833 bits per heavy atom. The first-order chi connectivity index (χ1) is 10.4. The molecule has 0 radical (unpaired) electrons. The van der Waals surface area contributed by atoms with Gasteiger partial charge >= 0.3 is 15.3 Å². The maximum absolute atomic E-state index is 12.9. The Kier molecular flexibility index (Phi) is 6.44. The van der Waals surface area contributed by atoms with E-state index in [4.69, 9.17) is 0 Å². The van der Waals surface area contributed by atoms with Crippen LogP contribution in [0.2, 0.25) is 0 Å². The summed E-state index contributed by atoms with van der Waals surface area (Å²) in [7, 11) is -12.5. The van der Waals surface area contributed by atoms with E-state index in [1.165, 1.54) is 13.8 Å². The van der Waals surface area contributed by atoms with Crippen LogP contribution >= 0.6 is 0 Å². The second-order valence-electron chi connectivity index (χ2n) is 5.20. The molecule has 0 N–H and O–H groups in total. The second-order valence-corrected chi connectivity index (χ2v) is 9.71. The van der Waals surface area contributed by atoms with Crippen molar-refractivity contribution in [3.63, 3.8) is 0 Å². The van der Waals surface area contributed by atoms with E-state index in [0.717, 1.165) is 7.05 Å². The van der Waals surface area contributed by atoms with Gasteiger partial charge in [0, 0.05) is 7.11 Å². The van der Waals surface area contributed by atoms with E-state index < -0.39 is 46.0 Å². The largest absolute Gasteiger partial charge is 0.501 e. The van der Waals surface area contributed by atoms with E-state index >= 15 is 0 Å². The fourth-order valence-corrected chi connectivity index (χ4v) is 5.70. The Morgan fingerprint density at radius 2 is 1.12 bits per heavy atom. The number of hydrogen-bond donors (Lipinski definition) is 0. The molecule has 146 valence electrons. The number of methoxy groups -OCH3 is 1. The Balaban J connectivity index is 6.97. The average molecular weight is 410 g/mol. The minimum atomic E-state index is -6.89. The molecule has 0 saturated carbocycles. The zero-order valence-electron chi connectivity index (χ0n) is 13.2. The molecule has 0 amide bonds. The summed E-state index contributed by atoms with van der Waals surface area (Å²) in [6, 6.07) is 0. The lowest BCUT2D eigenvalue weighted by atomic mass is 10.4. The summed E-state index contributed by atoms with van der Waals surface area (Å²) >= 11 is 0. The van der Waals surface area contributed by atoms with Crippen molar-refractivity contribution in [2.45, 2.75) is 29.1 Å². The van der Waals surface area contributed by atoms with Gasteiger partial charge in [0.2, 0.25) is 0 Å². The molecule has 0 aromatic carbocycles. The number of rotatable bonds is 7. The number of quaternary nitrogens is 1. The normalized spacial score (nSPS) is 15.6. The summed E-state index contributed by atoms with van der Waals surface area (Å²) < 4.78 is 123. The zero-order chi connectivity index (χ0) is 19.8. The fraction of sp³-hybridized carbons (Fsp3) is 1.00. The van der Waals surface area contributed by atoms with E-state index in [9.17, 15) is 43.2 Å². The van der Waals surface area contributed by atoms with Gasteiger partial charge in [-0.1, -0.05) is 0 Å². The van der Waals surface area contributed by atoms with Gasteiger partial charge in [-0.05, 0) is 13.8 Å². The van der Waals surface area contributed by atoms with Crippen molar-refractivity contribution in [3.8, 4) is 0 Å². The molecule has 0 aromatic heterocycles. The molecule has 0 saturated heterocycles. The van der Waals surface area contributed by atoms with Crippen LogP contribution in [0.3, 0.4) is 0 Å². The van der Waals surface area contributed by atoms with Crippen LogP contribution in [0.25, 0.3) is 0 Å². The highest BCUT2D eigenvalue weighted by atomic mass is 32.3. The summed E-state index contributed by atoms with van der Waals surface area (Å²) in [5, 5.41) is 0. The summed E-state index contributed by atoms with van der Waals surface area (Å²) in [6.07, 6.45) is 0. The zero-order valence-corrected chi connectivity index (χ0v) is 14.8. The number of sulfone groups is 2. The van der Waals surface area contributed by atoms with E-state index in [2.05, 4.69) is 4.74 Å². The van der Waals surface area contributed by atoms with E-state index in [0.29, 0.717) is 0 Å². The molecule has 0 aliphatic rings. The first-order valence-corrected chi connectivity index (χ1v) is 9.36. The van der Waals surface area contributed by atoms with Gasteiger partial charge in [0.15, 0.2) is 0 Å². The highest BCUT2D eigenvalue weighted by molar-refractivity contribution is 8.10. The molecular formula is C10H18F6NO5S2+. The summed E-state index contributed by atoms with van der Waals surface area (Å²) in [5.74, 6) is 0. The molecule has 0 heterocycles. The fourth-order valence-electron chi connectivity index (χ4n) is 1.87. The van der Waals surface area contributed by atoms with Gasteiger partial charge in [0.25, 0.3) is 19.7 Å². The molecule has 0 aromatic rings. The number of alkyl halides is 6. The molecule has 14 heteroatoms. The van der Waals surface area contributed by atoms with Crippen molar-refractivity contribution in [1.82, 2.24) is 0 Å². The Morgan fingerprint density at radius 3 is 1.29 bits per heavy atom. The van der Waals surface area contributed by atoms with E-state index in [1.807, 2.05) is 0 Å². The van der Waals surface area contributed by atoms with Gasteiger partial charge in [-0.2, -0.15) is 26.3 Å². The third-order valence-corrected chi connectivity index (χ3v) is 8.61. The maximum Gasteiger partial charge on any atom is 0.501 e. The minimum Gasteiger partial charge on any atom is -0.345 e. The lowest BCUT2D eigenvalue weighted by Gasteiger charge is -2.40. The predicted octanol–water partition coefficient (Wildman–Crippen LogP) is 1.64. The van der Waals surface area contributed by atoms with Crippen LogP contribution < -0.4 is 0 Å². The average Bonchev–Trinajstić information content (AvgIpc) is 2.41. The Bertz CT molecular complexity index is 604. The number of likely N-dealkylation sites (N-methyl/N-ethyl adjacent to an activating group) is 1. The SMILES string of the molecule is CC[N+](C)(CC)CC(OC)(S(=O)(=O)C(F)(F)F)S(=O)(=O)C(F)(F)F. The van der Waals surface area contributed by atoms with Crippen LogP contribution in [0.5, 0.6) is 0 Å². The molecule has 24 heavy (non-hydrogen) atoms. The molecule has 0 aliphatic carbocycles. The standard InChI is InChI=1S/C10H18F6NO5S2/c1-5-17(3,6-2)7-8(22-4,23(18,19)9(11,12)13)24(20,21)10(14,15)16/h5-7H2,1-4H3/q+1. The number of hydrogen-bond acceptors (Lipinski definition) is 5. The highest BCUT2D eigenvalue weighted by Gasteiger charge is 2.76. The van der Waals surface area contributed by atoms with Crippen LogP contribution in [0.15, 0.2) is 0 Å². The van der Waals surface area contributed by atoms with Gasteiger partial charge in [0.05, 0.1) is 20.1 Å². The number of nitrogens with zero attached hydrogens (tertiary/aromatic N) is 1. The van der Waals surface area contributed by atoms with Crippen LogP contribution in [0.1, 0.15) is 13.8 Å². The summed E-state index contributed by atoms with van der Waals surface area (Å²) in [4.78, 5) is 0. The lowest BCUT2D eigenvalue weighted by Crippen LogP contribution is -2.66. The first-order valence-electron chi connectivity index (χ1n) is 6.39. The second kappa shape index (κ2) is 6.61. The van der Waals surface area contributed by atoms with Crippen molar-refractivity contribution in [3.05, 3.63) is 0 Å². The minimum absolute atomic E-state index is 0.137. The smallest absolute Gasteiger partial charge is 0.345 e.